The van der Waals surface area contributed by atoms with Crippen LogP contribution < -0.4 is 11.1 Å². The number of hydrogen-bond donors (Lipinski definition) is 4. The number of ether oxygens (including phenoxy) is 2. The van der Waals surface area contributed by atoms with E-state index in [9.17, 15) is 24.2 Å². The van der Waals surface area contributed by atoms with Gasteiger partial charge in [0.2, 0.25) is 0 Å². The fourth-order valence-electron chi connectivity index (χ4n) is 4.79. The zero-order chi connectivity index (χ0) is 27.9. The summed E-state index contributed by atoms with van der Waals surface area (Å²) in [6.45, 7) is 8.99. The van der Waals surface area contributed by atoms with Crippen LogP contribution in [0.4, 0.5) is 14.9 Å². The molecule has 206 valence electrons. The second-order valence-electron chi connectivity index (χ2n) is 10.2. The summed E-state index contributed by atoms with van der Waals surface area (Å²) in [5, 5.41) is 24.8. The molecule has 8 nitrogen and oxygen atoms in total. The normalized spacial score (nSPS) is 33.4. The van der Waals surface area contributed by atoms with Gasteiger partial charge >= 0.3 is 6.09 Å². The quantitative estimate of drug-likeness (QED) is 0.421. The van der Waals surface area contributed by atoms with Crippen molar-refractivity contribution in [3.63, 3.8) is 0 Å². The van der Waals surface area contributed by atoms with Crippen LogP contribution in [0, 0.1) is 23.6 Å². The van der Waals surface area contributed by atoms with Gasteiger partial charge in [-0.15, -0.1) is 0 Å². The molecule has 2 bridgehead atoms. The molecule has 0 aromatic heterocycles. The number of aliphatic hydroxyl groups excluding tert-OH is 2. The van der Waals surface area contributed by atoms with Crippen molar-refractivity contribution in [1.82, 2.24) is 0 Å². The summed E-state index contributed by atoms with van der Waals surface area (Å²) in [4.78, 5) is 24.3. The van der Waals surface area contributed by atoms with E-state index in [1.165, 1.54) is 25.3 Å². The summed E-state index contributed by atoms with van der Waals surface area (Å²) in [6, 6.07) is 4.08. The van der Waals surface area contributed by atoms with Gasteiger partial charge in [0, 0.05) is 29.9 Å². The maximum atomic E-state index is 14.6. The molecule has 2 rings (SSSR count). The maximum Gasteiger partial charge on any atom is 0.405 e. The summed E-state index contributed by atoms with van der Waals surface area (Å²) >= 11 is 0. The molecule has 0 saturated carbocycles. The molecule has 37 heavy (non-hydrogen) atoms. The van der Waals surface area contributed by atoms with Crippen LogP contribution in [0.5, 0.6) is 0 Å². The second-order valence-corrected chi connectivity index (χ2v) is 10.2. The van der Waals surface area contributed by atoms with Crippen LogP contribution in [0.15, 0.2) is 41.5 Å². The lowest BCUT2D eigenvalue weighted by Gasteiger charge is -2.30. The van der Waals surface area contributed by atoms with Gasteiger partial charge in [-0.3, -0.25) is 4.79 Å². The average Bonchev–Trinajstić information content (AvgIpc) is 2.84. The molecule has 0 radical (unpaired) electrons. The number of anilines is 1. The van der Waals surface area contributed by atoms with Gasteiger partial charge in [0.25, 0.3) is 5.91 Å². The third-order valence-corrected chi connectivity index (χ3v) is 7.10. The lowest BCUT2D eigenvalue weighted by atomic mass is 9.86. The van der Waals surface area contributed by atoms with Crippen LogP contribution >= 0.6 is 0 Å². The van der Waals surface area contributed by atoms with Crippen LogP contribution in [0.3, 0.4) is 0 Å². The Balaban J connectivity index is 2.49. The lowest BCUT2D eigenvalue weighted by molar-refractivity contribution is -0.112. The predicted octanol–water partition coefficient (Wildman–Crippen LogP) is 4.62. The number of hydrogen-bond acceptors (Lipinski definition) is 6. The third kappa shape index (κ3) is 8.38. The second kappa shape index (κ2) is 13.7. The van der Waals surface area contributed by atoms with Gasteiger partial charge in [0.1, 0.15) is 11.9 Å². The van der Waals surface area contributed by atoms with Gasteiger partial charge in [-0.25, -0.2) is 9.18 Å². The van der Waals surface area contributed by atoms with Crippen molar-refractivity contribution in [2.45, 2.75) is 78.3 Å². The van der Waals surface area contributed by atoms with Crippen molar-refractivity contribution in [3.05, 3.63) is 52.9 Å². The van der Waals surface area contributed by atoms with E-state index in [-0.39, 0.29) is 29.7 Å². The number of allylic oxidation sites excluding steroid dienone is 1. The largest absolute Gasteiger partial charge is 0.442 e. The van der Waals surface area contributed by atoms with Crippen molar-refractivity contribution in [2.24, 2.45) is 23.5 Å². The van der Waals surface area contributed by atoms with Crippen molar-refractivity contribution < 1.29 is 33.7 Å². The molecular weight excluding hydrogens is 479 g/mol. The monoisotopic (exact) mass is 520 g/mol. The molecule has 2 amide bonds. The number of benzene rings is 1. The first-order valence-electron chi connectivity index (χ1n) is 12.7. The van der Waals surface area contributed by atoms with Gasteiger partial charge in [-0.1, -0.05) is 32.9 Å². The van der Waals surface area contributed by atoms with Crippen molar-refractivity contribution in [2.75, 3.05) is 12.4 Å². The van der Waals surface area contributed by atoms with Crippen LogP contribution in [-0.2, 0) is 14.3 Å². The Hall–Kier alpha value is -2.75. The summed E-state index contributed by atoms with van der Waals surface area (Å²) in [5.74, 6) is -1.91. The SMILES string of the molecule is CO[C@H]1C[C@H](C)C(O)c2cc(ccc2F)NC(=O)/C(C)=C/CC[C@H](C)[C@H](OC(N)=O)/C(C)=C/[C@H](C)[C@H]1O. The van der Waals surface area contributed by atoms with Crippen molar-refractivity contribution in [3.8, 4) is 0 Å². The molecule has 1 heterocycles. The smallest absolute Gasteiger partial charge is 0.405 e. The van der Waals surface area contributed by atoms with E-state index in [1.54, 1.807) is 19.9 Å². The number of amides is 2. The Morgan fingerprint density at radius 2 is 1.84 bits per heavy atom. The highest BCUT2D eigenvalue weighted by molar-refractivity contribution is 6.03. The summed E-state index contributed by atoms with van der Waals surface area (Å²) in [6.07, 6.45) is 0.714. The Labute approximate surface area is 218 Å². The van der Waals surface area contributed by atoms with Crippen LogP contribution in [0.1, 0.15) is 65.5 Å². The highest BCUT2D eigenvalue weighted by Gasteiger charge is 2.31. The summed E-state index contributed by atoms with van der Waals surface area (Å²) in [7, 11) is 1.47. The van der Waals surface area contributed by atoms with Crippen LogP contribution in [0.25, 0.3) is 0 Å². The minimum Gasteiger partial charge on any atom is -0.442 e. The Morgan fingerprint density at radius 1 is 1.16 bits per heavy atom. The van der Waals surface area contributed by atoms with Crippen LogP contribution in [0.2, 0.25) is 0 Å². The van der Waals surface area contributed by atoms with E-state index in [4.69, 9.17) is 15.2 Å². The first-order valence-corrected chi connectivity index (χ1v) is 12.7. The number of nitrogens with two attached hydrogens (primary N) is 1. The molecule has 1 unspecified atom stereocenters. The highest BCUT2D eigenvalue weighted by Crippen LogP contribution is 2.32. The van der Waals surface area contributed by atoms with E-state index in [0.717, 1.165) is 5.57 Å². The molecule has 0 spiro atoms. The molecular formula is C28H41FN2O6. The number of methoxy groups -OCH3 is 1. The average molecular weight is 521 g/mol. The van der Waals surface area contributed by atoms with Gasteiger partial charge < -0.3 is 30.7 Å². The minimum absolute atomic E-state index is 0.0539. The topological polar surface area (TPSA) is 131 Å². The van der Waals surface area contributed by atoms with Gasteiger partial charge in [-0.05, 0) is 68.7 Å². The van der Waals surface area contributed by atoms with Gasteiger partial charge in [0.05, 0.1) is 18.3 Å². The molecule has 7 atom stereocenters. The van der Waals surface area contributed by atoms with E-state index >= 15 is 0 Å². The molecule has 9 heteroatoms. The number of fused-ring (bicyclic) bond motifs is 2. The fraction of sp³-hybridized carbons (Fsp3) is 0.571. The van der Waals surface area contributed by atoms with E-state index in [2.05, 4.69) is 5.32 Å². The summed E-state index contributed by atoms with van der Waals surface area (Å²) < 4.78 is 25.6. The molecule has 1 aliphatic rings. The number of carbonyl (C=O) groups is 2. The minimum atomic E-state index is -1.19. The number of primary amides is 1. The number of rotatable bonds is 2. The molecule has 1 aromatic carbocycles. The zero-order valence-corrected chi connectivity index (χ0v) is 22.5. The van der Waals surface area contributed by atoms with Gasteiger partial charge in [-0.2, -0.15) is 0 Å². The summed E-state index contributed by atoms with van der Waals surface area (Å²) in [5.41, 5.74) is 6.95. The molecule has 0 aliphatic carbocycles. The predicted molar refractivity (Wildman–Crippen MR) is 140 cm³/mol. The van der Waals surface area contributed by atoms with Crippen molar-refractivity contribution >= 4 is 17.7 Å². The first-order chi connectivity index (χ1) is 17.3. The molecule has 1 aromatic rings. The maximum absolute atomic E-state index is 14.6. The third-order valence-electron chi connectivity index (χ3n) is 7.10. The molecule has 0 fully saturated rings. The number of aliphatic hydroxyl groups is 2. The molecule has 5 N–H and O–H groups in total. The number of carbonyl (C=O) groups excluding carboxylic acids is 2. The lowest BCUT2D eigenvalue weighted by Crippen LogP contribution is -2.36. The molecule has 1 aliphatic heterocycles. The van der Waals surface area contributed by atoms with Crippen LogP contribution in [-0.4, -0.2) is 47.6 Å². The highest BCUT2D eigenvalue weighted by atomic mass is 19.1. The van der Waals surface area contributed by atoms with E-state index in [1.807, 2.05) is 26.8 Å². The Bertz CT molecular complexity index is 1010. The van der Waals surface area contributed by atoms with E-state index < -0.39 is 42.2 Å². The Morgan fingerprint density at radius 3 is 2.46 bits per heavy atom. The fourth-order valence-corrected chi connectivity index (χ4v) is 4.79. The zero-order valence-electron chi connectivity index (χ0n) is 22.5. The van der Waals surface area contributed by atoms with Gasteiger partial charge in [0.15, 0.2) is 0 Å². The molecule has 0 saturated heterocycles. The van der Waals surface area contributed by atoms with E-state index in [0.29, 0.717) is 24.1 Å². The first kappa shape index (κ1) is 30.5. The standard InChI is InChI=1S/C28H41FN2O6/c1-15-8-7-9-16(2)27(34)31-20-10-11-22(29)21(14-20)24(32)18(4)13-23(36-6)25(33)17(3)12-19(5)26(15)37-28(30)35/h9-12,14-15,17-18,23-26,32-33H,7-8,13H2,1-6H3,(H2,30,35)(H,31,34)/b16-9+,19-12+/t15-,17-,18-,23-,24?,25+,26-/m0/s1. The number of nitrogens with one attached hydrogen (secondary N) is 1. The van der Waals surface area contributed by atoms with Crippen molar-refractivity contribution in [1.29, 1.82) is 0 Å². The number of halogens is 1. The Kier molecular flexibility index (Phi) is 11.3.